The fourth-order valence-corrected chi connectivity index (χ4v) is 1.17. The lowest BCUT2D eigenvalue weighted by molar-refractivity contribution is -0.992. The fourth-order valence-electron chi connectivity index (χ4n) is 1.17. The second-order valence-electron chi connectivity index (χ2n) is 4.30. The number of carbonyl (C=O) groups excluding carboxylic acids is 1. The normalized spacial score (nSPS) is 17.9. The van der Waals surface area contributed by atoms with Crippen molar-refractivity contribution in [1.82, 2.24) is 0 Å². The van der Waals surface area contributed by atoms with Crippen molar-refractivity contribution in [2.24, 2.45) is 21.2 Å². The first kappa shape index (κ1) is 16.3. The molecule has 0 amide bonds. The summed E-state index contributed by atoms with van der Waals surface area (Å²) in [7, 11) is 0. The topological polar surface area (TPSA) is 193 Å². The van der Waals surface area contributed by atoms with Gasteiger partial charge in [-0.3, -0.25) is 4.79 Å². The van der Waals surface area contributed by atoms with Crippen LogP contribution in [0.2, 0.25) is 0 Å². The maximum absolute atomic E-state index is 12.0. The van der Waals surface area contributed by atoms with Gasteiger partial charge in [-0.15, -0.1) is 0 Å². The van der Waals surface area contributed by atoms with Gasteiger partial charge in [0.2, 0.25) is 15.8 Å². The Labute approximate surface area is 105 Å². The molecule has 0 fully saturated rings. The molecule has 0 radical (unpaired) electrons. The van der Waals surface area contributed by atoms with Gasteiger partial charge in [-0.2, -0.15) is 0 Å². The molecular weight excluding hydrogens is 268 g/mol. The van der Waals surface area contributed by atoms with Crippen LogP contribution in [0.4, 0.5) is 0 Å². The van der Waals surface area contributed by atoms with Crippen LogP contribution < -0.4 is 0 Å². The predicted octanol–water partition coefficient (Wildman–Crippen LogP) is 0.310. The van der Waals surface area contributed by atoms with Gasteiger partial charge in [0.15, 0.2) is 0 Å². The first-order valence-electron chi connectivity index (χ1n) is 4.62. The molecule has 13 nitrogen and oxygen atoms in total. The highest BCUT2D eigenvalue weighted by atomic mass is 16.7. The van der Waals surface area contributed by atoms with Crippen molar-refractivity contribution >= 4 is 5.78 Å². The van der Waals surface area contributed by atoms with E-state index < -0.39 is 31.6 Å². The molecule has 0 saturated carbocycles. The van der Waals surface area contributed by atoms with E-state index in [9.17, 15) is 20.4 Å². The molecule has 3 N–H and O–H groups in total. The van der Waals surface area contributed by atoms with Crippen molar-refractivity contribution in [3.05, 3.63) is 15.6 Å². The molecule has 108 valence electrons. The van der Waals surface area contributed by atoms with Gasteiger partial charge in [0.05, 0.1) is 14.6 Å². The average Bonchev–Trinajstić information content (AvgIpc) is 2.36. The van der Waals surface area contributed by atoms with Crippen LogP contribution in [-0.2, 0) is 4.79 Å². The third-order valence-electron chi connectivity index (χ3n) is 2.03. The molecule has 0 bridgehead atoms. The zero-order valence-corrected chi connectivity index (χ0v) is 10.2. The van der Waals surface area contributed by atoms with Gasteiger partial charge in [0.25, 0.3) is 0 Å². The van der Waals surface area contributed by atoms with E-state index in [1.807, 2.05) is 15.8 Å². The fraction of sp³-hybridized carbons (Fsp3) is 0.833. The lowest BCUT2D eigenvalue weighted by Gasteiger charge is -2.22. The molecule has 0 unspecified atom stereocenters. The van der Waals surface area contributed by atoms with Crippen molar-refractivity contribution in [2.45, 2.75) is 26.6 Å². The molecule has 0 saturated heterocycles. The van der Waals surface area contributed by atoms with Crippen LogP contribution >= 0.6 is 0 Å². The molecule has 0 aromatic carbocycles. The molecule has 0 aliphatic heterocycles. The minimum absolute atomic E-state index is 1.06. The van der Waals surface area contributed by atoms with Crippen molar-refractivity contribution in [3.63, 3.8) is 0 Å². The second-order valence-corrected chi connectivity index (χ2v) is 4.30. The van der Waals surface area contributed by atoms with Crippen LogP contribution in [0.15, 0.2) is 15.8 Å². The van der Waals surface area contributed by atoms with Gasteiger partial charge in [-0.25, -0.2) is 0 Å². The number of nitrogens with zero attached hydrogens (tertiary/aromatic N) is 6. The van der Waals surface area contributed by atoms with Gasteiger partial charge in [0, 0.05) is 5.41 Å². The van der Waals surface area contributed by atoms with Crippen LogP contribution in [0.1, 0.15) is 20.8 Å². The smallest absolute Gasteiger partial charge is 0.586 e. The maximum Gasteiger partial charge on any atom is 0.715 e. The van der Waals surface area contributed by atoms with E-state index >= 15 is 0 Å². The summed E-state index contributed by atoms with van der Waals surface area (Å²) in [5, 5.41) is 65.2. The molecule has 13 heteroatoms. The van der Waals surface area contributed by atoms with E-state index in [-0.39, 0.29) is 0 Å². The third kappa shape index (κ3) is 2.43. The summed E-state index contributed by atoms with van der Waals surface area (Å²) in [6.07, 6.45) is 0. The second kappa shape index (κ2) is 5.28. The number of hydroxylamine groups is 3. The molecule has 0 atom stereocenters. The van der Waals surface area contributed by atoms with Crippen molar-refractivity contribution in [1.29, 1.82) is 0 Å². The van der Waals surface area contributed by atoms with Crippen LogP contribution in [-0.4, -0.2) is 41.8 Å². The number of Topliss-reactive ketones (excluding diaryl/α,β-unsaturated/α-hetero) is 1. The van der Waals surface area contributed by atoms with Crippen LogP contribution in [0.3, 0.4) is 0 Å². The van der Waals surface area contributed by atoms with Gasteiger partial charge >= 0.3 is 11.6 Å². The van der Waals surface area contributed by atoms with E-state index in [1.165, 1.54) is 20.8 Å². The van der Waals surface area contributed by atoms with Crippen molar-refractivity contribution < 1.29 is 35.0 Å². The third-order valence-corrected chi connectivity index (χ3v) is 2.03. The van der Waals surface area contributed by atoms with E-state index in [0.717, 1.165) is 0 Å². The Hall–Kier alpha value is -2.73. The van der Waals surface area contributed by atoms with E-state index in [0.29, 0.717) is 0 Å². The van der Waals surface area contributed by atoms with E-state index in [4.69, 9.17) is 15.6 Å². The lowest BCUT2D eigenvalue weighted by atomic mass is 9.87. The van der Waals surface area contributed by atoms with Crippen molar-refractivity contribution in [2.75, 3.05) is 0 Å². The molecule has 0 rings (SSSR count). The minimum atomic E-state index is -3.59. The Morgan fingerprint density at radius 3 is 1.32 bits per heavy atom. The summed E-state index contributed by atoms with van der Waals surface area (Å²) in [6.45, 7) is 3.64. The quantitative estimate of drug-likeness (QED) is 0.285. The Bertz CT molecular complexity index is 404. The summed E-state index contributed by atoms with van der Waals surface area (Å²) in [4.78, 5) is 8.88. The maximum atomic E-state index is 12.0. The van der Waals surface area contributed by atoms with E-state index in [2.05, 4.69) is 0 Å². The van der Waals surface area contributed by atoms with Gasteiger partial charge in [-0.05, 0) is 0 Å². The van der Waals surface area contributed by atoms with Crippen LogP contribution in [0.5, 0.6) is 0 Å². The highest BCUT2D eigenvalue weighted by Gasteiger charge is 2.76. The number of hydrogen-bond donors (Lipinski definition) is 3. The van der Waals surface area contributed by atoms with Crippen LogP contribution in [0.25, 0.3) is 0 Å². The van der Waals surface area contributed by atoms with Crippen molar-refractivity contribution in [3.8, 4) is 0 Å². The predicted molar refractivity (Wildman–Crippen MR) is 50.7 cm³/mol. The minimum Gasteiger partial charge on any atom is -0.586 e. The molecule has 0 spiro atoms. The number of rotatable bonds is 4. The van der Waals surface area contributed by atoms with Crippen LogP contribution in [0, 0.1) is 21.0 Å². The van der Waals surface area contributed by atoms with Gasteiger partial charge in [-0.1, -0.05) is 20.8 Å². The highest BCUT2D eigenvalue weighted by molar-refractivity contribution is 5.88. The summed E-state index contributed by atoms with van der Waals surface area (Å²) in [5.74, 6) is -5.04. The highest BCUT2D eigenvalue weighted by Crippen LogP contribution is 2.28. The molecule has 0 aliphatic carbocycles. The lowest BCUT2D eigenvalue weighted by Crippen LogP contribution is -2.63. The van der Waals surface area contributed by atoms with Gasteiger partial charge < -0.3 is 31.2 Å². The van der Waals surface area contributed by atoms with Gasteiger partial charge in [0.1, 0.15) is 0 Å². The zero-order chi connectivity index (χ0) is 15.4. The first-order chi connectivity index (χ1) is 8.60. The number of ketones is 1. The zero-order valence-electron chi connectivity index (χ0n) is 10.2. The molecule has 0 aliphatic rings. The number of hydrogen-bond acceptors (Lipinski definition) is 7. The first-order valence-corrected chi connectivity index (χ1v) is 4.62. The number of carbonyl (C=O) groups is 1. The Kier molecular flexibility index (Phi) is 4.52. The molecule has 0 heterocycles. The average molecular weight is 280 g/mol. The largest absolute Gasteiger partial charge is 0.715 e. The molecule has 0 aromatic heterocycles. The Morgan fingerprint density at radius 2 is 1.16 bits per heavy atom. The SMILES string of the molecule is CC(C)(C)C(=O)C([N+]([O-])=NO)([N+]([O-])=NO)[N+]([O-])=NO. The summed E-state index contributed by atoms with van der Waals surface area (Å²) in [5.41, 5.74) is -1.49. The summed E-state index contributed by atoms with van der Waals surface area (Å²) >= 11 is 0. The summed E-state index contributed by atoms with van der Waals surface area (Å²) < 4.78 is 0. The summed E-state index contributed by atoms with van der Waals surface area (Å²) in [6, 6.07) is 0. The molecular formula is C6H12N6O7. The Balaban J connectivity index is 6.51. The molecule has 0 aromatic rings. The monoisotopic (exact) mass is 280 g/mol. The van der Waals surface area contributed by atoms with E-state index in [1.54, 1.807) is 0 Å². The Morgan fingerprint density at radius 1 is 0.895 bits per heavy atom. The molecule has 19 heavy (non-hydrogen) atoms. The standard InChI is InChI=1S/C6H12N6O7/c1-5(2,3)4(13)6(10(17)7-14,11(18)8-15)12(19)9-16/h14-16H,1-3H3.